The van der Waals surface area contributed by atoms with Crippen LogP contribution in [0.1, 0.15) is 34.0 Å². The Balaban J connectivity index is 3.03. The van der Waals surface area contributed by atoms with E-state index in [1.54, 1.807) is 20.8 Å². The van der Waals surface area contributed by atoms with Gasteiger partial charge in [-0.05, 0) is 32.4 Å². The molecule has 0 saturated carbocycles. The first-order chi connectivity index (χ1) is 7.24. The van der Waals surface area contributed by atoms with Crippen molar-refractivity contribution >= 4 is 27.1 Å². The summed E-state index contributed by atoms with van der Waals surface area (Å²) in [6, 6.07) is 1.45. The fourth-order valence-corrected chi connectivity index (χ4v) is 3.19. The van der Waals surface area contributed by atoms with E-state index in [0.29, 0.717) is 5.56 Å². The van der Waals surface area contributed by atoms with Crippen molar-refractivity contribution in [1.82, 2.24) is 0 Å². The van der Waals surface area contributed by atoms with Crippen LogP contribution < -0.4 is 0 Å². The van der Waals surface area contributed by atoms with E-state index in [9.17, 15) is 13.2 Å². The largest absolute Gasteiger partial charge is 0.477 e. The minimum atomic E-state index is -3.17. The summed E-state index contributed by atoms with van der Waals surface area (Å²) in [6.45, 7) is 4.98. The minimum Gasteiger partial charge on any atom is -0.477 e. The molecule has 0 aromatic carbocycles. The van der Waals surface area contributed by atoms with Crippen LogP contribution in [0.15, 0.2) is 6.07 Å². The average molecular weight is 262 g/mol. The quantitative estimate of drug-likeness (QED) is 0.901. The number of thiophene rings is 1. The van der Waals surface area contributed by atoms with E-state index in [2.05, 4.69) is 0 Å². The Labute approximate surface area is 98.8 Å². The molecule has 0 atom stereocenters. The molecule has 1 N–H and O–H groups in total. The van der Waals surface area contributed by atoms with Crippen molar-refractivity contribution in [2.24, 2.45) is 0 Å². The summed E-state index contributed by atoms with van der Waals surface area (Å²) in [7, 11) is -3.17. The number of carboxylic acid groups (broad SMARTS) is 1. The third-order valence-corrected chi connectivity index (χ3v) is 5.54. The zero-order valence-electron chi connectivity index (χ0n) is 9.35. The van der Waals surface area contributed by atoms with Gasteiger partial charge in [0, 0.05) is 4.88 Å². The SMILES string of the molecule is Cc1sc(C(=O)O)cc1CS(=O)(=O)C(C)C. The standard InChI is InChI=1S/C10H14O4S2/c1-6(2)16(13,14)5-8-4-9(10(11)12)15-7(8)3/h4,6H,5H2,1-3H3,(H,11,12). The van der Waals surface area contributed by atoms with Gasteiger partial charge in [-0.2, -0.15) is 0 Å². The highest BCUT2D eigenvalue weighted by Gasteiger charge is 2.20. The molecule has 0 radical (unpaired) electrons. The summed E-state index contributed by atoms with van der Waals surface area (Å²) in [5.74, 6) is -1.10. The van der Waals surface area contributed by atoms with Gasteiger partial charge in [-0.3, -0.25) is 0 Å². The van der Waals surface area contributed by atoms with E-state index in [4.69, 9.17) is 5.11 Å². The van der Waals surface area contributed by atoms with Gasteiger partial charge >= 0.3 is 5.97 Å². The number of sulfone groups is 1. The second kappa shape index (κ2) is 4.55. The molecular formula is C10H14O4S2. The van der Waals surface area contributed by atoms with Crippen LogP contribution >= 0.6 is 11.3 Å². The van der Waals surface area contributed by atoms with Crippen molar-refractivity contribution in [3.05, 3.63) is 21.4 Å². The van der Waals surface area contributed by atoms with Crippen LogP contribution in [0.5, 0.6) is 0 Å². The summed E-state index contributed by atoms with van der Waals surface area (Å²) in [6.07, 6.45) is 0. The maximum Gasteiger partial charge on any atom is 0.345 e. The smallest absolute Gasteiger partial charge is 0.345 e. The van der Waals surface area contributed by atoms with E-state index >= 15 is 0 Å². The minimum absolute atomic E-state index is 0.0831. The molecule has 0 spiro atoms. The number of carboxylic acids is 1. The van der Waals surface area contributed by atoms with E-state index in [-0.39, 0.29) is 10.6 Å². The molecule has 0 fully saturated rings. The van der Waals surface area contributed by atoms with Gasteiger partial charge in [0.2, 0.25) is 0 Å². The van der Waals surface area contributed by atoms with Crippen molar-refractivity contribution in [3.8, 4) is 0 Å². The van der Waals surface area contributed by atoms with Crippen LogP contribution in [0.2, 0.25) is 0 Å². The summed E-state index contributed by atoms with van der Waals surface area (Å²) in [4.78, 5) is 11.7. The maximum atomic E-state index is 11.7. The first-order valence-corrected chi connectivity index (χ1v) is 7.31. The van der Waals surface area contributed by atoms with Crippen molar-refractivity contribution in [2.45, 2.75) is 31.8 Å². The van der Waals surface area contributed by atoms with Gasteiger partial charge in [-0.15, -0.1) is 11.3 Å². The second-order valence-corrected chi connectivity index (χ2v) is 7.67. The summed E-state index contributed by atoms with van der Waals surface area (Å²) in [5, 5.41) is 8.35. The summed E-state index contributed by atoms with van der Waals surface area (Å²) in [5.41, 5.74) is 0.594. The summed E-state index contributed by atoms with van der Waals surface area (Å²) < 4.78 is 23.4. The van der Waals surface area contributed by atoms with Crippen molar-refractivity contribution in [2.75, 3.05) is 0 Å². The molecule has 0 saturated heterocycles. The average Bonchev–Trinajstić information content (AvgIpc) is 2.47. The molecule has 16 heavy (non-hydrogen) atoms. The molecular weight excluding hydrogens is 248 g/mol. The van der Waals surface area contributed by atoms with E-state index < -0.39 is 21.1 Å². The van der Waals surface area contributed by atoms with E-state index in [1.165, 1.54) is 6.07 Å². The normalized spacial score (nSPS) is 12.0. The lowest BCUT2D eigenvalue weighted by Crippen LogP contribution is -2.16. The molecule has 0 aliphatic heterocycles. The van der Waals surface area contributed by atoms with Crippen molar-refractivity contribution < 1.29 is 18.3 Å². The van der Waals surface area contributed by atoms with Crippen LogP contribution in [0, 0.1) is 6.92 Å². The number of aromatic carboxylic acids is 1. The third-order valence-electron chi connectivity index (χ3n) is 2.31. The lowest BCUT2D eigenvalue weighted by molar-refractivity contribution is 0.0702. The lowest BCUT2D eigenvalue weighted by atomic mass is 10.3. The Morgan fingerprint density at radius 3 is 2.44 bits per heavy atom. The van der Waals surface area contributed by atoms with Gasteiger partial charge in [0.05, 0.1) is 11.0 Å². The van der Waals surface area contributed by atoms with Gasteiger partial charge < -0.3 is 5.11 Å². The Bertz CT molecular complexity index is 497. The molecule has 1 aromatic heterocycles. The molecule has 0 bridgehead atoms. The zero-order valence-corrected chi connectivity index (χ0v) is 11.0. The molecule has 90 valence electrons. The van der Waals surface area contributed by atoms with E-state index in [0.717, 1.165) is 16.2 Å². The van der Waals surface area contributed by atoms with Crippen LogP contribution in [0.4, 0.5) is 0 Å². The third kappa shape index (κ3) is 2.82. The topological polar surface area (TPSA) is 71.4 Å². The van der Waals surface area contributed by atoms with Crippen molar-refractivity contribution in [3.63, 3.8) is 0 Å². The van der Waals surface area contributed by atoms with Crippen LogP contribution in [0.25, 0.3) is 0 Å². The Kier molecular flexibility index (Phi) is 3.75. The molecule has 1 rings (SSSR count). The number of carbonyl (C=O) groups is 1. The van der Waals surface area contributed by atoms with Gasteiger partial charge in [-0.1, -0.05) is 0 Å². The van der Waals surface area contributed by atoms with Gasteiger partial charge in [0.15, 0.2) is 9.84 Å². The predicted octanol–water partition coefficient (Wildman–Crippen LogP) is 2.08. The second-order valence-electron chi connectivity index (χ2n) is 3.85. The van der Waals surface area contributed by atoms with Gasteiger partial charge in [0.25, 0.3) is 0 Å². The van der Waals surface area contributed by atoms with Gasteiger partial charge in [-0.25, -0.2) is 13.2 Å². The van der Waals surface area contributed by atoms with Crippen LogP contribution in [0.3, 0.4) is 0 Å². The predicted molar refractivity (Wildman–Crippen MR) is 63.8 cm³/mol. The van der Waals surface area contributed by atoms with E-state index in [1.807, 2.05) is 0 Å². The van der Waals surface area contributed by atoms with Crippen LogP contribution in [-0.4, -0.2) is 24.7 Å². The van der Waals surface area contributed by atoms with Gasteiger partial charge in [0.1, 0.15) is 4.88 Å². The Hall–Kier alpha value is -0.880. The first-order valence-electron chi connectivity index (χ1n) is 4.78. The number of hydrogen-bond donors (Lipinski definition) is 1. The highest BCUT2D eigenvalue weighted by Crippen LogP contribution is 2.24. The monoisotopic (exact) mass is 262 g/mol. The highest BCUT2D eigenvalue weighted by molar-refractivity contribution is 7.91. The molecule has 0 amide bonds. The molecule has 1 heterocycles. The Morgan fingerprint density at radius 2 is 2.06 bits per heavy atom. The number of aryl methyl sites for hydroxylation is 1. The number of rotatable bonds is 4. The maximum absolute atomic E-state index is 11.7. The molecule has 0 aliphatic rings. The fraction of sp³-hybridized carbons (Fsp3) is 0.500. The molecule has 4 nitrogen and oxygen atoms in total. The lowest BCUT2D eigenvalue weighted by Gasteiger charge is -2.06. The molecule has 0 unspecified atom stereocenters. The molecule has 0 aliphatic carbocycles. The Morgan fingerprint density at radius 1 is 1.50 bits per heavy atom. The summed E-state index contributed by atoms with van der Waals surface area (Å²) >= 11 is 1.11. The zero-order chi connectivity index (χ0) is 12.5. The highest BCUT2D eigenvalue weighted by atomic mass is 32.2. The molecule has 6 heteroatoms. The fourth-order valence-electron chi connectivity index (χ4n) is 1.15. The molecule has 1 aromatic rings. The first kappa shape index (κ1) is 13.2. The van der Waals surface area contributed by atoms with Crippen molar-refractivity contribution in [1.29, 1.82) is 0 Å². The van der Waals surface area contributed by atoms with Crippen LogP contribution in [-0.2, 0) is 15.6 Å². The number of hydrogen-bond acceptors (Lipinski definition) is 4.